The number of thioether (sulfide) groups is 1. The minimum Gasteiger partial charge on any atom is -0.463 e. The zero-order valence-corrected chi connectivity index (χ0v) is 23.6. The fraction of sp³-hybridized carbons (Fsp3) is 0.219. The Balaban J connectivity index is 1.32. The first-order chi connectivity index (χ1) is 20.0. The van der Waals surface area contributed by atoms with Crippen molar-refractivity contribution in [3.8, 4) is 11.5 Å². The number of fused-ring (bicyclic) bond motifs is 2. The SMILES string of the molecule is CCOC(=O)C1=C(c2ccccc2)N=C2SC=C(CC(=O)NCc3ccc4c(c3)OCO4)N2[C@@H]1c1cccc(C)c1. The van der Waals surface area contributed by atoms with Crippen molar-refractivity contribution < 1.29 is 23.8 Å². The van der Waals surface area contributed by atoms with Gasteiger partial charge in [-0.05, 0) is 42.5 Å². The first-order valence-electron chi connectivity index (χ1n) is 13.4. The molecule has 1 N–H and O–H groups in total. The van der Waals surface area contributed by atoms with Crippen LogP contribution >= 0.6 is 11.8 Å². The Morgan fingerprint density at radius 2 is 1.88 bits per heavy atom. The minimum atomic E-state index is -0.514. The third kappa shape index (κ3) is 5.45. The van der Waals surface area contributed by atoms with E-state index < -0.39 is 12.0 Å². The number of amides is 1. The van der Waals surface area contributed by atoms with E-state index >= 15 is 0 Å². The van der Waals surface area contributed by atoms with Gasteiger partial charge in [-0.15, -0.1) is 0 Å². The van der Waals surface area contributed by atoms with Gasteiger partial charge in [-0.25, -0.2) is 9.79 Å². The number of rotatable bonds is 8. The second-order valence-electron chi connectivity index (χ2n) is 9.80. The van der Waals surface area contributed by atoms with E-state index in [0.29, 0.717) is 34.5 Å². The summed E-state index contributed by atoms with van der Waals surface area (Å²) in [5.41, 5.74) is 5.51. The van der Waals surface area contributed by atoms with Crippen LogP contribution in [0.1, 0.15) is 41.6 Å². The summed E-state index contributed by atoms with van der Waals surface area (Å²) in [6.45, 7) is 4.60. The van der Waals surface area contributed by atoms with E-state index in [9.17, 15) is 9.59 Å². The van der Waals surface area contributed by atoms with Crippen molar-refractivity contribution in [3.05, 3.63) is 112 Å². The summed E-state index contributed by atoms with van der Waals surface area (Å²) in [5, 5.41) is 5.66. The van der Waals surface area contributed by atoms with Crippen molar-refractivity contribution in [1.29, 1.82) is 0 Å². The Morgan fingerprint density at radius 3 is 2.68 bits per heavy atom. The molecule has 0 spiro atoms. The number of hydrogen-bond donors (Lipinski definition) is 1. The second kappa shape index (κ2) is 11.5. The molecule has 0 bridgehead atoms. The highest BCUT2D eigenvalue weighted by molar-refractivity contribution is 8.16. The molecule has 0 aliphatic carbocycles. The molecular weight excluding hydrogens is 538 g/mol. The van der Waals surface area contributed by atoms with E-state index in [0.717, 1.165) is 28.0 Å². The first kappa shape index (κ1) is 26.7. The van der Waals surface area contributed by atoms with Crippen molar-refractivity contribution in [3.63, 3.8) is 0 Å². The third-order valence-electron chi connectivity index (χ3n) is 6.98. The fourth-order valence-electron chi connectivity index (χ4n) is 5.12. The Labute approximate surface area is 242 Å². The number of carbonyl (C=O) groups excluding carboxylic acids is 2. The average molecular weight is 568 g/mol. The summed E-state index contributed by atoms with van der Waals surface area (Å²) in [5.74, 6) is 0.806. The number of aliphatic imine (C=N–C) groups is 1. The van der Waals surface area contributed by atoms with Gasteiger partial charge in [0.05, 0.1) is 30.3 Å². The lowest BCUT2D eigenvalue weighted by Gasteiger charge is -2.37. The molecule has 0 radical (unpaired) electrons. The lowest BCUT2D eigenvalue weighted by atomic mass is 9.90. The van der Waals surface area contributed by atoms with Gasteiger partial charge < -0.3 is 24.4 Å². The highest BCUT2D eigenvalue weighted by Gasteiger charge is 2.42. The van der Waals surface area contributed by atoms with Crippen LogP contribution < -0.4 is 14.8 Å². The van der Waals surface area contributed by atoms with Crippen LogP contribution in [0.15, 0.2) is 94.5 Å². The van der Waals surface area contributed by atoms with Crippen molar-refractivity contribution in [1.82, 2.24) is 10.2 Å². The number of nitrogens with zero attached hydrogens (tertiary/aromatic N) is 2. The largest absolute Gasteiger partial charge is 0.463 e. The normalized spacial score (nSPS) is 17.1. The number of amidine groups is 1. The molecule has 1 atom stereocenters. The van der Waals surface area contributed by atoms with Crippen LogP contribution in [-0.2, 0) is 20.9 Å². The number of aryl methyl sites for hydroxylation is 1. The van der Waals surface area contributed by atoms with Gasteiger partial charge in [0.15, 0.2) is 16.7 Å². The number of nitrogens with one attached hydrogen (secondary N) is 1. The molecule has 1 amide bonds. The van der Waals surface area contributed by atoms with Crippen molar-refractivity contribution >= 4 is 34.5 Å². The molecule has 3 aliphatic rings. The zero-order valence-electron chi connectivity index (χ0n) is 22.8. The van der Waals surface area contributed by atoms with Crippen LogP contribution in [0, 0.1) is 6.92 Å². The molecular formula is C32H29N3O5S. The van der Waals surface area contributed by atoms with E-state index in [2.05, 4.69) is 11.4 Å². The summed E-state index contributed by atoms with van der Waals surface area (Å²) in [6.07, 6.45) is 0.121. The van der Waals surface area contributed by atoms with Gasteiger partial charge in [0.2, 0.25) is 12.7 Å². The molecule has 208 valence electrons. The van der Waals surface area contributed by atoms with E-state index in [-0.39, 0.29) is 25.7 Å². The van der Waals surface area contributed by atoms with Gasteiger partial charge in [-0.3, -0.25) is 4.79 Å². The van der Waals surface area contributed by atoms with Crippen molar-refractivity contribution in [2.45, 2.75) is 32.9 Å². The minimum absolute atomic E-state index is 0.121. The van der Waals surface area contributed by atoms with Crippen LogP contribution in [-0.4, -0.2) is 35.3 Å². The Hall–Kier alpha value is -4.50. The summed E-state index contributed by atoms with van der Waals surface area (Å²) < 4.78 is 16.4. The van der Waals surface area contributed by atoms with Crippen LogP contribution in [0.4, 0.5) is 0 Å². The molecule has 3 aliphatic heterocycles. The maximum atomic E-state index is 13.6. The van der Waals surface area contributed by atoms with E-state index in [1.54, 1.807) is 6.92 Å². The molecule has 9 heteroatoms. The number of ether oxygens (including phenoxy) is 3. The number of hydrogen-bond acceptors (Lipinski definition) is 8. The van der Waals surface area contributed by atoms with Crippen LogP contribution in [0.2, 0.25) is 0 Å². The summed E-state index contributed by atoms with van der Waals surface area (Å²) in [4.78, 5) is 33.8. The Morgan fingerprint density at radius 1 is 1.05 bits per heavy atom. The second-order valence-corrected chi connectivity index (χ2v) is 10.6. The molecule has 3 aromatic carbocycles. The van der Waals surface area contributed by atoms with Crippen molar-refractivity contribution in [2.24, 2.45) is 4.99 Å². The molecule has 0 saturated heterocycles. The van der Waals surface area contributed by atoms with Gasteiger partial charge in [0.25, 0.3) is 0 Å². The van der Waals surface area contributed by atoms with Gasteiger partial charge in [0, 0.05) is 17.8 Å². The number of benzene rings is 3. The smallest absolute Gasteiger partial charge is 0.338 e. The number of carbonyl (C=O) groups is 2. The van der Waals surface area contributed by atoms with Gasteiger partial charge in [0.1, 0.15) is 0 Å². The quantitative estimate of drug-likeness (QED) is 0.349. The molecule has 0 unspecified atom stereocenters. The van der Waals surface area contributed by atoms with Gasteiger partial charge >= 0.3 is 5.97 Å². The maximum absolute atomic E-state index is 13.6. The third-order valence-corrected chi connectivity index (χ3v) is 7.87. The number of esters is 1. The predicted octanol–water partition coefficient (Wildman–Crippen LogP) is 5.71. The fourth-order valence-corrected chi connectivity index (χ4v) is 6.04. The zero-order chi connectivity index (χ0) is 28.3. The average Bonchev–Trinajstić information content (AvgIpc) is 3.62. The summed E-state index contributed by atoms with van der Waals surface area (Å²) >= 11 is 1.45. The van der Waals surface area contributed by atoms with Crippen molar-refractivity contribution in [2.75, 3.05) is 13.4 Å². The monoisotopic (exact) mass is 567 g/mol. The maximum Gasteiger partial charge on any atom is 0.338 e. The van der Waals surface area contributed by atoms with E-state index in [4.69, 9.17) is 19.2 Å². The van der Waals surface area contributed by atoms with Crippen LogP contribution in [0.5, 0.6) is 11.5 Å². The van der Waals surface area contributed by atoms with E-state index in [1.165, 1.54) is 11.8 Å². The molecule has 3 heterocycles. The summed E-state index contributed by atoms with van der Waals surface area (Å²) in [6, 6.07) is 22.8. The van der Waals surface area contributed by atoms with Crippen LogP contribution in [0.3, 0.4) is 0 Å². The highest BCUT2D eigenvalue weighted by atomic mass is 32.2. The molecule has 0 saturated carbocycles. The molecule has 3 aromatic rings. The van der Waals surface area contributed by atoms with E-state index in [1.807, 2.05) is 84.0 Å². The molecule has 0 fully saturated rings. The highest BCUT2D eigenvalue weighted by Crippen LogP contribution is 2.47. The Bertz CT molecular complexity index is 1600. The molecule has 8 nitrogen and oxygen atoms in total. The Kier molecular flexibility index (Phi) is 7.52. The predicted molar refractivity (Wildman–Crippen MR) is 158 cm³/mol. The first-order valence-corrected chi connectivity index (χ1v) is 14.3. The molecule has 41 heavy (non-hydrogen) atoms. The topological polar surface area (TPSA) is 89.5 Å². The molecule has 6 rings (SSSR count). The lowest BCUT2D eigenvalue weighted by Crippen LogP contribution is -2.38. The molecule has 0 aromatic heterocycles. The lowest BCUT2D eigenvalue weighted by molar-refractivity contribution is -0.139. The van der Waals surface area contributed by atoms with Gasteiger partial charge in [-0.1, -0.05) is 78.0 Å². The van der Waals surface area contributed by atoms with Crippen LogP contribution in [0.25, 0.3) is 5.70 Å². The standard InChI is InChI=1S/C32H29N3O5S/c1-3-38-31(37)28-29(22-9-5-4-6-10-22)34-32-35(30(28)23-11-7-8-20(2)14-23)24(18-41-32)16-27(36)33-17-21-12-13-25-26(15-21)40-19-39-25/h4-15,18,30H,3,16-17,19H2,1-2H3,(H,33,36)/t30-/m1/s1. The summed E-state index contributed by atoms with van der Waals surface area (Å²) in [7, 11) is 0. The van der Waals surface area contributed by atoms with Gasteiger partial charge in [-0.2, -0.15) is 0 Å².